The van der Waals surface area contributed by atoms with E-state index in [1.807, 2.05) is 0 Å². The van der Waals surface area contributed by atoms with Crippen LogP contribution in [0.15, 0.2) is 0 Å². The van der Waals surface area contributed by atoms with Gasteiger partial charge in [-0.15, -0.1) is 0 Å². The van der Waals surface area contributed by atoms with Gasteiger partial charge in [-0.25, -0.2) is 0 Å². The fraction of sp³-hybridized carbons (Fsp3) is 1.00. The van der Waals surface area contributed by atoms with Crippen LogP contribution in [-0.2, 0) is 26.5 Å². The molecule has 5 N–H and O–H groups in total. The summed E-state index contributed by atoms with van der Waals surface area (Å²) in [5, 5.41) is 40.0. The molecule has 0 aliphatic heterocycles. The van der Waals surface area contributed by atoms with E-state index in [-0.39, 0.29) is 53.2 Å². The maximum absolute atomic E-state index is 8.24. The first-order valence-corrected chi connectivity index (χ1v) is 8.36. The summed E-state index contributed by atoms with van der Waals surface area (Å²) in [6.07, 6.45) is 1.76. The van der Waals surface area contributed by atoms with Crippen LogP contribution in [0.2, 0.25) is 0 Å². The first-order chi connectivity index (χ1) is 10.5. The number of aliphatic hydroxyl groups excluding tert-OH is 5. The van der Waals surface area contributed by atoms with Gasteiger partial charge in [0.15, 0.2) is 0 Å². The Morgan fingerprint density at radius 1 is 0.708 bits per heavy atom. The normalized spacial score (nSPS) is 8.50. The first-order valence-electron chi connectivity index (χ1n) is 8.36. The van der Waals surface area contributed by atoms with E-state index in [0.29, 0.717) is 6.61 Å². The molecule has 0 rings (SSSR count). The molecule has 0 atom stereocenters. The van der Waals surface area contributed by atoms with E-state index in [2.05, 4.69) is 6.92 Å². The van der Waals surface area contributed by atoms with Crippen molar-refractivity contribution in [3.8, 4) is 0 Å². The van der Waals surface area contributed by atoms with Crippen LogP contribution >= 0.6 is 0 Å². The van der Waals surface area contributed by atoms with Crippen LogP contribution in [0.1, 0.15) is 68.2 Å². The largest absolute Gasteiger partial charge is 0.397 e. The van der Waals surface area contributed by atoms with Crippen LogP contribution < -0.4 is 0 Å². The molecule has 0 aromatic carbocycles. The number of ether oxygens (including phenoxy) is 1. The summed E-state index contributed by atoms with van der Waals surface area (Å²) >= 11 is 0. The number of hydrogen-bond acceptors (Lipinski definition) is 6. The van der Waals surface area contributed by atoms with Crippen molar-refractivity contribution in [2.75, 3.05) is 26.4 Å². The van der Waals surface area contributed by atoms with E-state index < -0.39 is 0 Å². The molecular formula is C17H44O6Ti. The third-order valence-electron chi connectivity index (χ3n) is 0.878. The standard InChI is InChI=1S/C6H14O2.3C3H8O.C2H6O.Ti/c1-2-3-5-8-6-4-7;3*1-3(2)4;1-2-3;/h7H,2-6H2,1H3;3*3-4H,1-2H3;3H,2H2,1H3;. The van der Waals surface area contributed by atoms with Crippen molar-refractivity contribution < 1.29 is 52.0 Å². The van der Waals surface area contributed by atoms with Crippen molar-refractivity contribution in [1.29, 1.82) is 0 Å². The smallest absolute Gasteiger partial charge is 0.0697 e. The minimum Gasteiger partial charge on any atom is -0.397 e. The maximum atomic E-state index is 8.24. The third-order valence-corrected chi connectivity index (χ3v) is 0.878. The molecule has 0 heterocycles. The fourth-order valence-corrected chi connectivity index (χ4v) is 0.413. The molecule has 0 aliphatic rings. The monoisotopic (exact) mass is 392 g/mol. The topological polar surface area (TPSA) is 110 Å². The molecule has 24 heavy (non-hydrogen) atoms. The van der Waals surface area contributed by atoms with Crippen molar-refractivity contribution in [2.45, 2.75) is 86.5 Å². The second-order valence-corrected chi connectivity index (χ2v) is 5.29. The Hall–Kier alpha value is 0.474. The molecule has 0 aromatic heterocycles. The van der Waals surface area contributed by atoms with Gasteiger partial charge in [-0.3, -0.25) is 0 Å². The molecule has 0 saturated heterocycles. The maximum Gasteiger partial charge on any atom is 0.0697 e. The Labute approximate surface area is 165 Å². The number of hydrogen-bond donors (Lipinski definition) is 5. The van der Waals surface area contributed by atoms with E-state index in [1.54, 1.807) is 48.5 Å². The molecular weight excluding hydrogens is 348 g/mol. The first kappa shape index (κ1) is 39.5. The van der Waals surface area contributed by atoms with Gasteiger partial charge in [-0.2, -0.15) is 0 Å². The molecule has 0 bridgehead atoms. The van der Waals surface area contributed by atoms with Gasteiger partial charge in [-0.05, 0) is 54.9 Å². The van der Waals surface area contributed by atoms with E-state index in [0.717, 1.165) is 19.4 Å². The number of unbranched alkanes of at least 4 members (excludes halogenated alkanes) is 1. The van der Waals surface area contributed by atoms with E-state index in [9.17, 15) is 0 Å². The van der Waals surface area contributed by atoms with Gasteiger partial charge >= 0.3 is 0 Å². The summed E-state index contributed by atoms with van der Waals surface area (Å²) < 4.78 is 4.97. The minimum atomic E-state index is -0.167. The SMILES string of the molecule is CC(C)O.CC(C)O.CC(C)O.CCCCOCCO.CCO.[Ti]. The average molecular weight is 392 g/mol. The molecule has 6 nitrogen and oxygen atoms in total. The summed E-state index contributed by atoms with van der Waals surface area (Å²) in [6, 6.07) is 0. The van der Waals surface area contributed by atoms with E-state index in [4.69, 9.17) is 30.3 Å². The van der Waals surface area contributed by atoms with E-state index >= 15 is 0 Å². The van der Waals surface area contributed by atoms with Crippen molar-refractivity contribution in [3.63, 3.8) is 0 Å². The second kappa shape index (κ2) is 43.7. The Bertz CT molecular complexity index is 119. The molecule has 0 fully saturated rings. The summed E-state index contributed by atoms with van der Waals surface area (Å²) in [6.45, 7) is 15.8. The van der Waals surface area contributed by atoms with Crippen LogP contribution in [0.3, 0.4) is 0 Å². The van der Waals surface area contributed by atoms with Crippen molar-refractivity contribution in [2.24, 2.45) is 0 Å². The zero-order chi connectivity index (χ0) is 19.7. The Balaban J connectivity index is -0.0000000442. The van der Waals surface area contributed by atoms with Gasteiger partial charge in [0.05, 0.1) is 13.2 Å². The summed E-state index contributed by atoms with van der Waals surface area (Å²) in [5.74, 6) is 0. The fourth-order valence-electron chi connectivity index (χ4n) is 0.413. The molecule has 0 amide bonds. The van der Waals surface area contributed by atoms with Crippen molar-refractivity contribution in [1.82, 2.24) is 0 Å². The summed E-state index contributed by atoms with van der Waals surface area (Å²) in [4.78, 5) is 0. The van der Waals surface area contributed by atoms with Crippen LogP contribution in [-0.4, -0.2) is 70.3 Å². The van der Waals surface area contributed by atoms with Gasteiger partial charge in [0, 0.05) is 53.2 Å². The van der Waals surface area contributed by atoms with Crippen molar-refractivity contribution in [3.05, 3.63) is 0 Å². The zero-order valence-corrected chi connectivity index (χ0v) is 18.7. The number of aliphatic hydroxyl groups is 5. The minimum absolute atomic E-state index is 0. The summed E-state index contributed by atoms with van der Waals surface area (Å²) in [7, 11) is 0. The third kappa shape index (κ3) is 346. The molecule has 0 aliphatic carbocycles. The molecule has 0 aromatic rings. The van der Waals surface area contributed by atoms with Gasteiger partial charge in [0.25, 0.3) is 0 Å². The second-order valence-electron chi connectivity index (χ2n) is 5.29. The molecule has 0 spiro atoms. The molecule has 152 valence electrons. The Morgan fingerprint density at radius 3 is 1.12 bits per heavy atom. The predicted octanol–water partition coefficient (Wildman–Crippen LogP) is 1.95. The number of rotatable bonds is 5. The van der Waals surface area contributed by atoms with Crippen LogP contribution in [0.4, 0.5) is 0 Å². The van der Waals surface area contributed by atoms with Gasteiger partial charge in [0.1, 0.15) is 0 Å². The summed E-state index contributed by atoms with van der Waals surface area (Å²) in [5.41, 5.74) is 0. The van der Waals surface area contributed by atoms with Crippen LogP contribution in [0, 0.1) is 0 Å². The zero-order valence-electron chi connectivity index (χ0n) is 17.1. The van der Waals surface area contributed by atoms with Crippen LogP contribution in [0.25, 0.3) is 0 Å². The van der Waals surface area contributed by atoms with Gasteiger partial charge in [-0.1, -0.05) is 13.3 Å². The van der Waals surface area contributed by atoms with Gasteiger partial charge < -0.3 is 30.3 Å². The van der Waals surface area contributed by atoms with Crippen LogP contribution in [0.5, 0.6) is 0 Å². The quantitative estimate of drug-likeness (QED) is 0.361. The Morgan fingerprint density at radius 2 is 0.958 bits per heavy atom. The van der Waals surface area contributed by atoms with E-state index in [1.165, 1.54) is 0 Å². The molecule has 0 saturated carbocycles. The Kier molecular flexibility index (Phi) is 71.9. The average Bonchev–Trinajstić information content (AvgIpc) is 2.33. The van der Waals surface area contributed by atoms with Gasteiger partial charge in [0.2, 0.25) is 0 Å². The predicted molar refractivity (Wildman–Crippen MR) is 97.6 cm³/mol. The molecule has 0 unspecified atom stereocenters. The molecule has 0 radical (unpaired) electrons. The molecule has 7 heteroatoms. The van der Waals surface area contributed by atoms with Crippen molar-refractivity contribution >= 4 is 0 Å².